The number of amides is 1. The van der Waals surface area contributed by atoms with E-state index in [0.29, 0.717) is 12.2 Å². The molecule has 2 N–H and O–H groups in total. The molecule has 0 aromatic carbocycles. The number of carbonyl (C=O) groups is 2. The molecular weight excluding hydrogens is 482 g/mol. The Bertz CT molecular complexity index is 1130. The van der Waals surface area contributed by atoms with Crippen LogP contribution in [0, 0.1) is 11.8 Å². The second kappa shape index (κ2) is 14.1. The molecule has 9 heteroatoms. The van der Waals surface area contributed by atoms with Crippen LogP contribution in [-0.2, 0) is 27.3 Å². The Morgan fingerprint density at radius 2 is 1.95 bits per heavy atom. The number of nitrogens with zero attached hydrogens (tertiary/aromatic N) is 3. The molecule has 4 rings (SSSR count). The van der Waals surface area contributed by atoms with Crippen molar-refractivity contribution in [2.45, 2.75) is 64.8 Å². The summed E-state index contributed by atoms with van der Waals surface area (Å²) in [6.07, 6.45) is 14.8. The van der Waals surface area contributed by atoms with Crippen LogP contribution in [0.15, 0.2) is 41.6 Å². The Hall–Kier alpha value is -3.20. The number of carbonyl (C=O) groups excluding carboxylic acids is 2. The van der Waals surface area contributed by atoms with Gasteiger partial charge in [-0.2, -0.15) is 0 Å². The first kappa shape index (κ1) is 27.8. The second-order valence-corrected chi connectivity index (χ2v) is 10.5. The van der Waals surface area contributed by atoms with Crippen LogP contribution in [0.25, 0.3) is 0 Å². The van der Waals surface area contributed by atoms with Gasteiger partial charge >= 0.3 is 5.97 Å². The van der Waals surface area contributed by atoms with Gasteiger partial charge in [0.05, 0.1) is 30.1 Å². The van der Waals surface area contributed by atoms with Crippen molar-refractivity contribution in [3.63, 3.8) is 0 Å². The standard InChI is InChI=1S/C29H41N5O4/c1-2-38-28(36)21-34-20-25(10-11-27(34)35)32-29(37)24-9-6-14-33(19-24)26-15-23(17-31-18-26)12-13-30-16-22-7-4-3-5-8-22/h10-11,15,17-18,20,22,24,30H,2-9,12-14,16,19,21H2,1H3,(H,32,37)/t24-/m0/s1. The van der Waals surface area contributed by atoms with Crippen molar-refractivity contribution in [1.82, 2.24) is 14.9 Å². The Kier molecular flexibility index (Phi) is 10.3. The molecule has 1 aliphatic carbocycles. The van der Waals surface area contributed by atoms with Crippen molar-refractivity contribution in [2.24, 2.45) is 11.8 Å². The van der Waals surface area contributed by atoms with Crippen LogP contribution < -0.4 is 21.1 Å². The molecule has 1 amide bonds. The number of rotatable bonds is 11. The SMILES string of the molecule is CCOC(=O)Cn1cc(NC(=O)[C@H]2CCCN(c3cncc(CCNCC4CCCCC4)c3)C2)ccc1=O. The van der Waals surface area contributed by atoms with Crippen LogP contribution in [0.4, 0.5) is 11.4 Å². The van der Waals surface area contributed by atoms with Crippen molar-refractivity contribution >= 4 is 23.3 Å². The summed E-state index contributed by atoms with van der Waals surface area (Å²) in [7, 11) is 0. The maximum Gasteiger partial charge on any atom is 0.326 e. The average molecular weight is 524 g/mol. The zero-order valence-corrected chi connectivity index (χ0v) is 22.5. The molecule has 0 spiro atoms. The molecule has 1 saturated carbocycles. The molecular formula is C29H41N5O4. The quantitative estimate of drug-likeness (QED) is 0.344. The van der Waals surface area contributed by atoms with Gasteiger partial charge < -0.3 is 24.8 Å². The number of piperidine rings is 1. The highest BCUT2D eigenvalue weighted by molar-refractivity contribution is 5.93. The minimum Gasteiger partial charge on any atom is -0.465 e. The van der Waals surface area contributed by atoms with Gasteiger partial charge in [-0.3, -0.25) is 19.4 Å². The predicted octanol–water partition coefficient (Wildman–Crippen LogP) is 3.37. The van der Waals surface area contributed by atoms with Crippen LogP contribution in [0.1, 0.15) is 57.4 Å². The predicted molar refractivity (Wildman–Crippen MR) is 148 cm³/mol. The molecule has 0 unspecified atom stereocenters. The monoisotopic (exact) mass is 523 g/mol. The summed E-state index contributed by atoms with van der Waals surface area (Å²) in [5, 5.41) is 6.56. The maximum absolute atomic E-state index is 13.1. The van der Waals surface area contributed by atoms with Crippen LogP contribution in [-0.4, -0.2) is 54.2 Å². The van der Waals surface area contributed by atoms with Gasteiger partial charge in [0.15, 0.2) is 0 Å². The lowest BCUT2D eigenvalue weighted by Crippen LogP contribution is -2.41. The van der Waals surface area contributed by atoms with Crippen molar-refractivity contribution < 1.29 is 14.3 Å². The Balaban J connectivity index is 1.29. The van der Waals surface area contributed by atoms with Gasteiger partial charge in [0.25, 0.3) is 5.56 Å². The molecule has 9 nitrogen and oxygen atoms in total. The highest BCUT2D eigenvalue weighted by atomic mass is 16.5. The van der Waals surface area contributed by atoms with E-state index in [2.05, 4.69) is 26.6 Å². The Labute approximate surface area is 225 Å². The smallest absolute Gasteiger partial charge is 0.326 e. The molecule has 2 aliphatic rings. The number of anilines is 2. The summed E-state index contributed by atoms with van der Waals surface area (Å²) in [6.45, 7) is 5.33. The van der Waals surface area contributed by atoms with Gasteiger partial charge in [-0.05, 0) is 75.7 Å². The lowest BCUT2D eigenvalue weighted by molar-refractivity contribution is -0.143. The molecule has 38 heavy (non-hydrogen) atoms. The average Bonchev–Trinajstić information content (AvgIpc) is 2.94. The van der Waals surface area contributed by atoms with Gasteiger partial charge in [-0.1, -0.05) is 19.3 Å². The van der Waals surface area contributed by atoms with E-state index in [-0.39, 0.29) is 30.5 Å². The van der Waals surface area contributed by atoms with Crippen LogP contribution >= 0.6 is 0 Å². The molecule has 1 aliphatic heterocycles. The summed E-state index contributed by atoms with van der Waals surface area (Å²) >= 11 is 0. The van der Waals surface area contributed by atoms with E-state index in [1.807, 2.05) is 12.4 Å². The summed E-state index contributed by atoms with van der Waals surface area (Å²) in [6, 6.07) is 5.11. The fourth-order valence-electron chi connectivity index (χ4n) is 5.46. The zero-order chi connectivity index (χ0) is 26.7. The lowest BCUT2D eigenvalue weighted by atomic mass is 9.89. The Morgan fingerprint density at radius 1 is 1.11 bits per heavy atom. The molecule has 0 bridgehead atoms. The molecule has 206 valence electrons. The molecule has 2 fully saturated rings. The van der Waals surface area contributed by atoms with E-state index in [0.717, 1.165) is 50.5 Å². The van der Waals surface area contributed by atoms with E-state index in [4.69, 9.17) is 4.74 Å². The first-order chi connectivity index (χ1) is 18.5. The van der Waals surface area contributed by atoms with Crippen LogP contribution in [0.2, 0.25) is 0 Å². The van der Waals surface area contributed by atoms with Crippen LogP contribution in [0.5, 0.6) is 0 Å². The minimum absolute atomic E-state index is 0.0907. The fourth-order valence-corrected chi connectivity index (χ4v) is 5.46. The minimum atomic E-state index is -0.489. The summed E-state index contributed by atoms with van der Waals surface area (Å²) in [5.74, 6) is 0.0598. The first-order valence-corrected chi connectivity index (χ1v) is 14.1. The van der Waals surface area contributed by atoms with E-state index in [1.54, 1.807) is 13.0 Å². The van der Waals surface area contributed by atoms with Crippen LogP contribution in [0.3, 0.4) is 0 Å². The molecule has 0 radical (unpaired) electrons. The van der Waals surface area contributed by atoms with E-state index in [9.17, 15) is 14.4 Å². The number of ether oxygens (including phenoxy) is 1. The van der Waals surface area contributed by atoms with E-state index >= 15 is 0 Å². The maximum atomic E-state index is 13.1. The lowest BCUT2D eigenvalue weighted by Gasteiger charge is -2.33. The summed E-state index contributed by atoms with van der Waals surface area (Å²) in [4.78, 5) is 43.7. The third-order valence-electron chi connectivity index (χ3n) is 7.54. The van der Waals surface area contributed by atoms with Gasteiger partial charge in [0, 0.05) is 31.5 Å². The normalized spacial score (nSPS) is 18.2. The highest BCUT2D eigenvalue weighted by Gasteiger charge is 2.26. The number of nitrogens with one attached hydrogen (secondary N) is 2. The molecule has 2 aromatic heterocycles. The molecule has 3 heterocycles. The topological polar surface area (TPSA) is 106 Å². The van der Waals surface area contributed by atoms with E-state index in [1.165, 1.54) is 54.5 Å². The fraction of sp³-hybridized carbons (Fsp3) is 0.586. The van der Waals surface area contributed by atoms with Gasteiger partial charge in [0.1, 0.15) is 6.54 Å². The number of pyridine rings is 2. The van der Waals surface area contributed by atoms with E-state index < -0.39 is 5.97 Å². The molecule has 1 saturated heterocycles. The third-order valence-corrected chi connectivity index (χ3v) is 7.54. The van der Waals surface area contributed by atoms with Crippen molar-refractivity contribution in [3.8, 4) is 0 Å². The number of aromatic nitrogens is 2. The van der Waals surface area contributed by atoms with Gasteiger partial charge in [0.2, 0.25) is 5.91 Å². The summed E-state index contributed by atoms with van der Waals surface area (Å²) in [5.41, 5.74) is 2.42. The highest BCUT2D eigenvalue weighted by Crippen LogP contribution is 2.25. The number of hydrogen-bond donors (Lipinski definition) is 2. The van der Waals surface area contributed by atoms with Crippen molar-refractivity contribution in [3.05, 3.63) is 52.7 Å². The molecule has 2 aromatic rings. The van der Waals surface area contributed by atoms with Crippen molar-refractivity contribution in [2.75, 3.05) is 43.0 Å². The first-order valence-electron chi connectivity index (χ1n) is 14.1. The summed E-state index contributed by atoms with van der Waals surface area (Å²) < 4.78 is 6.18. The number of hydrogen-bond acceptors (Lipinski definition) is 7. The van der Waals surface area contributed by atoms with Gasteiger partial charge in [-0.15, -0.1) is 0 Å². The third kappa shape index (κ3) is 8.15. The second-order valence-electron chi connectivity index (χ2n) is 10.5. The molecule has 1 atom stereocenters. The Morgan fingerprint density at radius 3 is 2.76 bits per heavy atom. The largest absolute Gasteiger partial charge is 0.465 e. The van der Waals surface area contributed by atoms with Gasteiger partial charge in [-0.25, -0.2) is 0 Å². The zero-order valence-electron chi connectivity index (χ0n) is 22.5. The number of esters is 1. The van der Waals surface area contributed by atoms with Crippen molar-refractivity contribution in [1.29, 1.82) is 0 Å².